The number of aliphatic hydroxyl groups excluding tert-OH is 1. The summed E-state index contributed by atoms with van der Waals surface area (Å²) in [5, 5.41) is 10.1. The van der Waals surface area contributed by atoms with Crippen LogP contribution in [0.5, 0.6) is 0 Å². The van der Waals surface area contributed by atoms with Crippen LogP contribution in [0, 0.1) is 34.5 Å². The summed E-state index contributed by atoms with van der Waals surface area (Å²) in [6.45, 7) is 5.49. The summed E-state index contributed by atoms with van der Waals surface area (Å²) in [5.74, 6) is -0.0429. The van der Waals surface area contributed by atoms with Gasteiger partial charge in [0.15, 0.2) is 5.78 Å². The zero-order chi connectivity index (χ0) is 20.3. The van der Waals surface area contributed by atoms with Gasteiger partial charge < -0.3 is 9.84 Å². The van der Waals surface area contributed by atoms with Crippen LogP contribution in [-0.4, -0.2) is 35.2 Å². The Bertz CT molecular complexity index is 665. The van der Waals surface area contributed by atoms with Gasteiger partial charge in [0.05, 0.1) is 6.10 Å². The molecule has 4 fully saturated rings. The number of esters is 1. The molecule has 0 heterocycles. The van der Waals surface area contributed by atoms with E-state index in [1.807, 2.05) is 0 Å². The largest absolute Gasteiger partial charge is 0.458 e. The molecule has 0 bridgehead atoms. The standard InChI is InChI=1S/C23H35FO4/c1-14(25)28-13-20(27)19-7-6-17-18-5-4-15-12-16(26)8-9-22(15,3)23(18,24)11-10-21(17,19)2/h15-19,26H,4-13H2,1-3H3/t15-,16-,17+,18+,19-,21+,22+,23-/m1/s1. The normalized spacial score (nSPS) is 50.2. The highest BCUT2D eigenvalue weighted by Crippen LogP contribution is 2.70. The van der Waals surface area contributed by atoms with E-state index in [4.69, 9.17) is 4.74 Å². The van der Waals surface area contributed by atoms with Crippen molar-refractivity contribution in [3.05, 3.63) is 0 Å². The third kappa shape index (κ3) is 2.79. The molecule has 8 atom stereocenters. The van der Waals surface area contributed by atoms with Crippen molar-refractivity contribution in [2.24, 2.45) is 34.5 Å². The third-order valence-corrected chi connectivity index (χ3v) is 9.55. The molecule has 0 saturated heterocycles. The number of ether oxygens (including phenoxy) is 1. The zero-order valence-electron chi connectivity index (χ0n) is 17.5. The van der Waals surface area contributed by atoms with Gasteiger partial charge in [-0.15, -0.1) is 0 Å². The molecule has 4 nitrogen and oxygen atoms in total. The van der Waals surface area contributed by atoms with E-state index in [1.54, 1.807) is 0 Å². The van der Waals surface area contributed by atoms with E-state index in [9.17, 15) is 14.7 Å². The van der Waals surface area contributed by atoms with E-state index in [2.05, 4.69) is 13.8 Å². The molecule has 0 amide bonds. The smallest absolute Gasteiger partial charge is 0.303 e. The molecule has 0 spiro atoms. The molecule has 28 heavy (non-hydrogen) atoms. The maximum Gasteiger partial charge on any atom is 0.303 e. The predicted octanol–water partition coefficient (Wildman–Crippen LogP) is 4.23. The van der Waals surface area contributed by atoms with Crippen molar-refractivity contribution < 1.29 is 23.8 Å². The number of Topliss-reactive ketones (excluding diaryl/α,β-unsaturated/α-hetero) is 1. The first kappa shape index (κ1) is 20.3. The topological polar surface area (TPSA) is 63.6 Å². The maximum absolute atomic E-state index is 16.8. The first-order valence-electron chi connectivity index (χ1n) is 11.1. The van der Waals surface area contributed by atoms with Crippen molar-refractivity contribution in [3.8, 4) is 0 Å². The lowest BCUT2D eigenvalue weighted by Crippen LogP contribution is -2.63. The summed E-state index contributed by atoms with van der Waals surface area (Å²) in [6, 6.07) is 0. The van der Waals surface area contributed by atoms with Crippen LogP contribution in [-0.2, 0) is 14.3 Å². The van der Waals surface area contributed by atoms with Gasteiger partial charge in [-0.25, -0.2) is 4.39 Å². The molecule has 4 rings (SSSR count). The van der Waals surface area contributed by atoms with Crippen molar-refractivity contribution in [3.63, 3.8) is 0 Å². The number of aliphatic hydroxyl groups is 1. The molecule has 0 aromatic heterocycles. The van der Waals surface area contributed by atoms with E-state index < -0.39 is 11.6 Å². The average molecular weight is 395 g/mol. The first-order chi connectivity index (χ1) is 13.1. The number of carbonyl (C=O) groups is 2. The molecule has 158 valence electrons. The molecule has 4 saturated carbocycles. The number of alkyl halides is 1. The fourth-order valence-electron chi connectivity index (χ4n) is 7.92. The van der Waals surface area contributed by atoms with Crippen molar-refractivity contribution in [1.29, 1.82) is 0 Å². The fraction of sp³-hybridized carbons (Fsp3) is 0.913. The van der Waals surface area contributed by atoms with Crippen LogP contribution >= 0.6 is 0 Å². The van der Waals surface area contributed by atoms with Crippen LogP contribution in [0.15, 0.2) is 0 Å². The second-order valence-corrected chi connectivity index (χ2v) is 10.6. The second-order valence-electron chi connectivity index (χ2n) is 10.6. The van der Waals surface area contributed by atoms with Gasteiger partial charge in [0.1, 0.15) is 12.3 Å². The van der Waals surface area contributed by atoms with Crippen LogP contribution in [0.25, 0.3) is 0 Å². The molecule has 0 aliphatic heterocycles. The molecule has 4 aliphatic rings. The number of fused-ring (bicyclic) bond motifs is 5. The van der Waals surface area contributed by atoms with E-state index in [1.165, 1.54) is 6.92 Å². The van der Waals surface area contributed by atoms with Crippen molar-refractivity contribution in [1.82, 2.24) is 0 Å². The average Bonchev–Trinajstić information content (AvgIpc) is 2.98. The Kier molecular flexibility index (Phi) is 4.92. The number of rotatable bonds is 3. The number of hydrogen-bond donors (Lipinski definition) is 1. The number of hydrogen-bond acceptors (Lipinski definition) is 4. The molecular weight excluding hydrogens is 359 g/mol. The van der Waals surface area contributed by atoms with Gasteiger partial charge in [0, 0.05) is 18.3 Å². The molecule has 0 aromatic rings. The van der Waals surface area contributed by atoms with E-state index in [-0.39, 0.29) is 53.0 Å². The summed E-state index contributed by atoms with van der Waals surface area (Å²) < 4.78 is 21.8. The van der Waals surface area contributed by atoms with Crippen LogP contribution in [0.4, 0.5) is 4.39 Å². The van der Waals surface area contributed by atoms with Crippen molar-refractivity contribution in [2.75, 3.05) is 6.61 Å². The van der Waals surface area contributed by atoms with Crippen molar-refractivity contribution in [2.45, 2.75) is 90.3 Å². The predicted molar refractivity (Wildman–Crippen MR) is 103 cm³/mol. The van der Waals surface area contributed by atoms with Gasteiger partial charge in [-0.3, -0.25) is 9.59 Å². The monoisotopic (exact) mass is 394 g/mol. The Morgan fingerprint density at radius 2 is 1.75 bits per heavy atom. The molecule has 1 N–H and O–H groups in total. The summed E-state index contributed by atoms with van der Waals surface area (Å²) in [6.07, 6.45) is 6.72. The van der Waals surface area contributed by atoms with E-state index >= 15 is 4.39 Å². The Morgan fingerprint density at radius 1 is 1.04 bits per heavy atom. The molecule has 0 aromatic carbocycles. The van der Waals surface area contributed by atoms with Gasteiger partial charge in [-0.05, 0) is 81.0 Å². The zero-order valence-corrected chi connectivity index (χ0v) is 17.5. The van der Waals surface area contributed by atoms with Crippen LogP contribution in [0.3, 0.4) is 0 Å². The van der Waals surface area contributed by atoms with Crippen LogP contribution < -0.4 is 0 Å². The first-order valence-corrected chi connectivity index (χ1v) is 11.1. The molecule has 0 radical (unpaired) electrons. The highest BCUT2D eigenvalue weighted by molar-refractivity contribution is 5.85. The highest BCUT2D eigenvalue weighted by Gasteiger charge is 2.68. The number of halogens is 1. The fourth-order valence-corrected chi connectivity index (χ4v) is 7.92. The molecule has 0 unspecified atom stereocenters. The Balaban J connectivity index is 1.57. The summed E-state index contributed by atoms with van der Waals surface area (Å²) in [5.41, 5.74) is -1.72. The number of ketones is 1. The minimum atomic E-state index is -1.19. The summed E-state index contributed by atoms with van der Waals surface area (Å²) >= 11 is 0. The lowest BCUT2D eigenvalue weighted by Gasteiger charge is -2.63. The molecular formula is C23H35FO4. The molecule has 4 aliphatic carbocycles. The summed E-state index contributed by atoms with van der Waals surface area (Å²) in [4.78, 5) is 23.9. The quantitative estimate of drug-likeness (QED) is 0.728. The van der Waals surface area contributed by atoms with Crippen LogP contribution in [0.2, 0.25) is 0 Å². The van der Waals surface area contributed by atoms with E-state index in [0.29, 0.717) is 12.8 Å². The van der Waals surface area contributed by atoms with Gasteiger partial charge >= 0.3 is 5.97 Å². The van der Waals surface area contributed by atoms with Gasteiger partial charge in [-0.2, -0.15) is 0 Å². The Morgan fingerprint density at radius 3 is 2.46 bits per heavy atom. The Hall–Kier alpha value is -0.970. The minimum Gasteiger partial charge on any atom is -0.458 e. The lowest BCUT2D eigenvalue weighted by molar-refractivity contribution is -0.202. The SMILES string of the molecule is CC(=O)OCC(=O)[C@H]1CC[C@H]2[C@@H]3CC[C@@H]4C[C@H](O)CC[C@]4(C)[C@@]3(F)CC[C@]12C. The minimum absolute atomic E-state index is 0.00671. The van der Waals surface area contributed by atoms with Gasteiger partial charge in [0.25, 0.3) is 0 Å². The van der Waals surface area contributed by atoms with Crippen molar-refractivity contribution >= 4 is 11.8 Å². The second kappa shape index (κ2) is 6.78. The van der Waals surface area contributed by atoms with Gasteiger partial charge in [-0.1, -0.05) is 13.8 Å². The summed E-state index contributed by atoms with van der Waals surface area (Å²) in [7, 11) is 0. The number of carbonyl (C=O) groups excluding carboxylic acids is 2. The lowest BCUT2D eigenvalue weighted by atomic mass is 9.43. The molecule has 5 heteroatoms. The van der Waals surface area contributed by atoms with Crippen LogP contribution in [0.1, 0.15) is 78.6 Å². The third-order valence-electron chi connectivity index (χ3n) is 9.55. The van der Waals surface area contributed by atoms with Gasteiger partial charge in [0.2, 0.25) is 0 Å². The maximum atomic E-state index is 16.8. The Labute approximate surface area is 167 Å². The highest BCUT2D eigenvalue weighted by atomic mass is 19.1. The van der Waals surface area contributed by atoms with E-state index in [0.717, 1.165) is 44.9 Å².